The van der Waals surface area contributed by atoms with Crippen LogP contribution in [0, 0.1) is 5.41 Å². The molecule has 36 heavy (non-hydrogen) atoms. The number of likely N-dealkylation sites (tertiary alicyclic amines) is 1. The lowest BCUT2D eigenvalue weighted by Crippen LogP contribution is -2.38. The van der Waals surface area contributed by atoms with Gasteiger partial charge in [-0.25, -0.2) is 9.97 Å². The fourth-order valence-corrected chi connectivity index (χ4v) is 5.07. The average Bonchev–Trinajstić information content (AvgIpc) is 3.38. The van der Waals surface area contributed by atoms with Gasteiger partial charge >= 0.3 is 0 Å². The van der Waals surface area contributed by atoms with Gasteiger partial charge in [-0.1, -0.05) is 12.5 Å². The Balaban J connectivity index is 1.26. The van der Waals surface area contributed by atoms with Crippen LogP contribution < -0.4 is 10.6 Å². The summed E-state index contributed by atoms with van der Waals surface area (Å²) >= 11 is 0. The molecular formula is C27H34N8O. The van der Waals surface area contributed by atoms with Crippen molar-refractivity contribution in [1.29, 1.82) is 5.41 Å². The van der Waals surface area contributed by atoms with Crippen molar-refractivity contribution < 1.29 is 4.79 Å². The van der Waals surface area contributed by atoms with Crippen molar-refractivity contribution in [3.63, 3.8) is 0 Å². The number of benzene rings is 1. The highest BCUT2D eigenvalue weighted by Gasteiger charge is 2.21. The van der Waals surface area contributed by atoms with Crippen molar-refractivity contribution in [3.05, 3.63) is 47.9 Å². The van der Waals surface area contributed by atoms with E-state index in [1.54, 1.807) is 6.33 Å². The molecule has 1 fully saturated rings. The summed E-state index contributed by atoms with van der Waals surface area (Å²) in [5.74, 6) is 0.958. The summed E-state index contributed by atoms with van der Waals surface area (Å²) in [5, 5.41) is 15.0. The number of nitrogens with zero attached hydrogens (tertiary/aromatic N) is 4. The van der Waals surface area contributed by atoms with Gasteiger partial charge in [0.2, 0.25) is 5.91 Å². The zero-order chi connectivity index (χ0) is 24.9. The van der Waals surface area contributed by atoms with Crippen LogP contribution >= 0.6 is 0 Å². The van der Waals surface area contributed by atoms with E-state index in [1.807, 2.05) is 30.1 Å². The Kier molecular flexibility index (Phi) is 7.27. The van der Waals surface area contributed by atoms with Crippen LogP contribution in [0.25, 0.3) is 16.6 Å². The standard InChI is InChI=1S/C27H34N8O/c1-29-23-6-5-21(15-20(23)17-28)32-26-22-16-24(33-27(22)31-18-30-26)19-7-13-35(14-8-19)25(36)9-12-34-10-3-2-4-11-34/h5-7,15-18,28-29H,2-4,8-14H2,1H3,(H2,30,31,32,33). The zero-order valence-corrected chi connectivity index (χ0v) is 20.8. The monoisotopic (exact) mass is 486 g/mol. The number of H-pyrrole nitrogens is 1. The number of nitrogens with one attached hydrogen (secondary N) is 4. The molecular weight excluding hydrogens is 452 g/mol. The van der Waals surface area contributed by atoms with Gasteiger partial charge in [0.05, 0.1) is 5.39 Å². The van der Waals surface area contributed by atoms with Gasteiger partial charge in [0.25, 0.3) is 0 Å². The first-order chi connectivity index (χ1) is 17.6. The highest BCUT2D eigenvalue weighted by Crippen LogP contribution is 2.30. The third kappa shape index (κ3) is 5.26. The Labute approximate surface area is 211 Å². The molecule has 0 radical (unpaired) electrons. The molecule has 1 amide bonds. The zero-order valence-electron chi connectivity index (χ0n) is 20.8. The lowest BCUT2D eigenvalue weighted by Gasteiger charge is -2.29. The number of fused-ring (bicyclic) bond motifs is 1. The van der Waals surface area contributed by atoms with Gasteiger partial charge in [-0.05, 0) is 62.2 Å². The molecule has 0 bridgehead atoms. The second-order valence-electron chi connectivity index (χ2n) is 9.46. The van der Waals surface area contributed by atoms with Crippen molar-refractivity contribution >= 4 is 45.9 Å². The summed E-state index contributed by atoms with van der Waals surface area (Å²) in [7, 11) is 1.84. The predicted molar refractivity (Wildman–Crippen MR) is 145 cm³/mol. The average molecular weight is 487 g/mol. The second kappa shape index (κ2) is 10.9. The van der Waals surface area contributed by atoms with Crippen molar-refractivity contribution in [2.24, 2.45) is 0 Å². The highest BCUT2D eigenvalue weighted by molar-refractivity contribution is 5.93. The normalized spacial score (nSPS) is 16.6. The molecule has 188 valence electrons. The Morgan fingerprint density at radius 1 is 1.17 bits per heavy atom. The summed E-state index contributed by atoms with van der Waals surface area (Å²) in [6.45, 7) is 4.51. The molecule has 2 aromatic heterocycles. The number of hydrogen-bond acceptors (Lipinski definition) is 7. The smallest absolute Gasteiger partial charge is 0.224 e. The number of piperidine rings is 1. The summed E-state index contributed by atoms with van der Waals surface area (Å²) in [6, 6.07) is 7.90. The number of aromatic amines is 1. The molecule has 2 aliphatic rings. The Hall–Kier alpha value is -3.72. The SMILES string of the molecule is CNc1ccc(Nc2ncnc3[nH]c(C4=CCN(C(=O)CCN5CCCCC5)CC4)cc23)cc1C=N. The first kappa shape index (κ1) is 24.0. The maximum absolute atomic E-state index is 12.7. The van der Waals surface area contributed by atoms with Gasteiger partial charge in [0.1, 0.15) is 17.8 Å². The van der Waals surface area contributed by atoms with Gasteiger partial charge in [-0.3, -0.25) is 4.79 Å². The van der Waals surface area contributed by atoms with Gasteiger partial charge in [-0.15, -0.1) is 0 Å². The first-order valence-electron chi connectivity index (χ1n) is 12.8. The van der Waals surface area contributed by atoms with E-state index in [0.717, 1.165) is 66.3 Å². The topological polar surface area (TPSA) is 113 Å². The van der Waals surface area contributed by atoms with E-state index in [9.17, 15) is 4.79 Å². The molecule has 3 aromatic rings. The Morgan fingerprint density at radius 3 is 2.78 bits per heavy atom. The van der Waals surface area contributed by atoms with Crippen molar-refractivity contribution in [2.75, 3.05) is 50.4 Å². The van der Waals surface area contributed by atoms with Crippen LogP contribution in [0.5, 0.6) is 0 Å². The third-order valence-electron chi connectivity index (χ3n) is 7.16. The molecule has 1 aromatic carbocycles. The lowest BCUT2D eigenvalue weighted by atomic mass is 10.0. The molecule has 0 atom stereocenters. The number of carbonyl (C=O) groups is 1. The number of aromatic nitrogens is 3. The van der Waals surface area contributed by atoms with Crippen molar-refractivity contribution in [1.82, 2.24) is 24.8 Å². The molecule has 4 heterocycles. The molecule has 2 aliphatic heterocycles. The van der Waals surface area contributed by atoms with Crippen LogP contribution in [-0.2, 0) is 4.79 Å². The van der Waals surface area contributed by atoms with E-state index in [1.165, 1.54) is 31.1 Å². The van der Waals surface area contributed by atoms with Crippen LogP contribution in [0.1, 0.15) is 43.4 Å². The molecule has 4 N–H and O–H groups in total. The molecule has 9 nitrogen and oxygen atoms in total. The fourth-order valence-electron chi connectivity index (χ4n) is 5.07. The van der Waals surface area contributed by atoms with Gasteiger partial charge < -0.3 is 30.8 Å². The molecule has 0 aliphatic carbocycles. The maximum Gasteiger partial charge on any atom is 0.224 e. The minimum atomic E-state index is 0.249. The fraction of sp³-hybridized carbons (Fsp3) is 0.407. The van der Waals surface area contributed by atoms with E-state index in [0.29, 0.717) is 18.8 Å². The van der Waals surface area contributed by atoms with Crippen LogP contribution in [0.3, 0.4) is 0 Å². The van der Waals surface area contributed by atoms with E-state index in [2.05, 4.69) is 42.6 Å². The summed E-state index contributed by atoms with van der Waals surface area (Å²) < 4.78 is 0. The molecule has 0 saturated carbocycles. The van der Waals surface area contributed by atoms with Crippen molar-refractivity contribution in [3.8, 4) is 0 Å². The van der Waals surface area contributed by atoms with E-state index >= 15 is 0 Å². The quantitative estimate of drug-likeness (QED) is 0.355. The van der Waals surface area contributed by atoms with Gasteiger partial charge in [0, 0.05) is 61.9 Å². The largest absolute Gasteiger partial charge is 0.388 e. The van der Waals surface area contributed by atoms with E-state index in [4.69, 9.17) is 5.41 Å². The number of rotatable bonds is 8. The molecule has 1 saturated heterocycles. The van der Waals surface area contributed by atoms with Crippen molar-refractivity contribution in [2.45, 2.75) is 32.1 Å². The van der Waals surface area contributed by atoms with Crippen LogP contribution in [0.15, 0.2) is 36.7 Å². The number of hydrogen-bond donors (Lipinski definition) is 4. The number of amides is 1. The minimum Gasteiger partial charge on any atom is -0.388 e. The first-order valence-corrected chi connectivity index (χ1v) is 12.8. The van der Waals surface area contributed by atoms with Crippen LogP contribution in [0.4, 0.5) is 17.2 Å². The third-order valence-corrected chi connectivity index (χ3v) is 7.16. The minimum absolute atomic E-state index is 0.249. The van der Waals surface area contributed by atoms with Gasteiger partial charge in [-0.2, -0.15) is 0 Å². The Morgan fingerprint density at radius 2 is 2.03 bits per heavy atom. The predicted octanol–water partition coefficient (Wildman–Crippen LogP) is 4.23. The molecule has 9 heteroatoms. The van der Waals surface area contributed by atoms with Gasteiger partial charge in [0.15, 0.2) is 0 Å². The Bertz CT molecular complexity index is 1270. The summed E-state index contributed by atoms with van der Waals surface area (Å²) in [5.41, 5.74) is 5.53. The van der Waals surface area contributed by atoms with Crippen LogP contribution in [-0.4, -0.2) is 76.6 Å². The summed E-state index contributed by atoms with van der Waals surface area (Å²) in [6.07, 6.45) is 10.3. The lowest BCUT2D eigenvalue weighted by molar-refractivity contribution is -0.131. The van der Waals surface area contributed by atoms with E-state index < -0.39 is 0 Å². The molecule has 5 rings (SSSR count). The summed E-state index contributed by atoms with van der Waals surface area (Å²) in [4.78, 5) is 29.5. The van der Waals surface area contributed by atoms with Crippen LogP contribution in [0.2, 0.25) is 0 Å². The molecule has 0 spiro atoms. The number of anilines is 3. The molecule has 0 unspecified atom stereocenters. The second-order valence-corrected chi connectivity index (χ2v) is 9.46. The van der Waals surface area contributed by atoms with E-state index in [-0.39, 0.29) is 5.91 Å². The maximum atomic E-state index is 12.7. The number of carbonyl (C=O) groups excluding carboxylic acids is 1. The highest BCUT2D eigenvalue weighted by atomic mass is 16.2.